The smallest absolute Gasteiger partial charge is 0.370 e. The Morgan fingerprint density at radius 2 is 2.00 bits per heavy atom. The molecule has 2 rings (SSSR count). The number of pyridine rings is 1. The average Bonchev–Trinajstić information content (AvgIpc) is 2.35. The zero-order chi connectivity index (χ0) is 17.6. The van der Waals surface area contributed by atoms with Crippen LogP contribution >= 0.6 is 0 Å². The highest BCUT2D eigenvalue weighted by molar-refractivity contribution is 7.87. The minimum Gasteiger partial charge on any atom is -0.370 e. The van der Waals surface area contributed by atoms with E-state index in [9.17, 15) is 21.6 Å². The molecule has 0 aliphatic carbocycles. The van der Waals surface area contributed by atoms with Gasteiger partial charge in [-0.2, -0.15) is 26.9 Å². The number of hydrogen-bond acceptors (Lipinski definition) is 6. The van der Waals surface area contributed by atoms with Crippen molar-refractivity contribution in [2.75, 3.05) is 0 Å². The lowest BCUT2D eigenvalue weighted by molar-refractivity contribution is -0.0504. The van der Waals surface area contributed by atoms with Crippen LogP contribution in [0.4, 0.5) is 13.2 Å². The van der Waals surface area contributed by atoms with Crippen LogP contribution in [0.2, 0.25) is 0 Å². The summed E-state index contributed by atoms with van der Waals surface area (Å²) in [7, 11) is -5.90. The molecule has 0 spiro atoms. The van der Waals surface area contributed by atoms with Gasteiger partial charge in [0.25, 0.3) is 5.88 Å². The van der Waals surface area contributed by atoms with E-state index in [1.807, 2.05) is 0 Å². The molecular weight excluding hydrogens is 337 g/mol. The van der Waals surface area contributed by atoms with E-state index in [0.29, 0.717) is 16.8 Å². The quantitative estimate of drug-likeness (QED) is 0.601. The van der Waals surface area contributed by atoms with Gasteiger partial charge in [-0.05, 0) is 26.3 Å². The number of ether oxygens (including phenoxy) is 1. The number of fused-ring (bicyclic) bond motifs is 1. The second-order valence-corrected chi connectivity index (χ2v) is 7.20. The molecular formula is C13H13F3N2O4S. The van der Waals surface area contributed by atoms with E-state index in [4.69, 9.17) is 10.00 Å². The summed E-state index contributed by atoms with van der Waals surface area (Å²) in [5.74, 6) is -0.862. The van der Waals surface area contributed by atoms with E-state index in [-0.39, 0.29) is 18.6 Å². The van der Waals surface area contributed by atoms with Gasteiger partial charge in [-0.3, -0.25) is 0 Å². The first-order valence-electron chi connectivity index (χ1n) is 6.45. The highest BCUT2D eigenvalue weighted by Crippen LogP contribution is 2.35. The Hall–Kier alpha value is -1.86. The Labute approximate surface area is 131 Å². The first kappa shape index (κ1) is 17.5. The third kappa shape index (κ3) is 3.25. The molecule has 23 heavy (non-hydrogen) atoms. The molecule has 0 aromatic carbocycles. The van der Waals surface area contributed by atoms with Gasteiger partial charge in [0.15, 0.2) is 0 Å². The van der Waals surface area contributed by atoms with E-state index < -0.39 is 27.1 Å². The SMILES string of the molecule is Cc1c(C#N)c(OS(=O)(=O)C(F)(F)F)nc2c1COC(C)(C)C2. The highest BCUT2D eigenvalue weighted by Gasteiger charge is 2.49. The van der Waals surface area contributed by atoms with Crippen LogP contribution in [0.1, 0.15) is 36.2 Å². The topological polar surface area (TPSA) is 89.3 Å². The van der Waals surface area contributed by atoms with Crippen molar-refractivity contribution in [3.05, 3.63) is 22.4 Å². The molecule has 1 aliphatic rings. The first-order valence-corrected chi connectivity index (χ1v) is 7.86. The predicted octanol–water partition coefficient (Wildman–Crippen LogP) is 2.34. The van der Waals surface area contributed by atoms with Crippen molar-refractivity contribution in [3.8, 4) is 11.9 Å². The van der Waals surface area contributed by atoms with Crippen molar-refractivity contribution >= 4 is 10.1 Å². The zero-order valence-electron chi connectivity index (χ0n) is 12.5. The molecule has 1 aromatic rings. The molecule has 6 nitrogen and oxygen atoms in total. The largest absolute Gasteiger partial charge is 0.534 e. The number of hydrogen-bond donors (Lipinski definition) is 0. The van der Waals surface area contributed by atoms with Crippen molar-refractivity contribution < 1.29 is 30.5 Å². The Balaban J connectivity index is 2.58. The summed E-state index contributed by atoms with van der Waals surface area (Å²) in [5.41, 5.74) is -5.38. The maximum absolute atomic E-state index is 12.5. The van der Waals surface area contributed by atoms with Crippen LogP contribution in [0.3, 0.4) is 0 Å². The Morgan fingerprint density at radius 1 is 1.39 bits per heavy atom. The number of nitriles is 1. The Kier molecular flexibility index (Phi) is 4.07. The van der Waals surface area contributed by atoms with Gasteiger partial charge < -0.3 is 8.92 Å². The zero-order valence-corrected chi connectivity index (χ0v) is 13.3. The van der Waals surface area contributed by atoms with Crippen LogP contribution in [0.5, 0.6) is 5.88 Å². The number of halogens is 3. The van der Waals surface area contributed by atoms with Crippen molar-refractivity contribution in [2.24, 2.45) is 0 Å². The number of rotatable bonds is 2. The summed E-state index contributed by atoms with van der Waals surface area (Å²) in [4.78, 5) is 3.84. The number of alkyl halides is 3. The fraction of sp³-hybridized carbons (Fsp3) is 0.538. The molecule has 126 valence electrons. The molecule has 1 aromatic heterocycles. The third-order valence-corrected chi connectivity index (χ3v) is 4.35. The van der Waals surface area contributed by atoms with Crippen LogP contribution < -0.4 is 4.18 Å². The summed E-state index contributed by atoms with van der Waals surface area (Å²) in [6.07, 6.45) is 0.247. The molecule has 0 bridgehead atoms. The molecule has 0 saturated heterocycles. The van der Waals surface area contributed by atoms with Gasteiger partial charge in [-0.15, -0.1) is 0 Å². The van der Waals surface area contributed by atoms with Gasteiger partial charge >= 0.3 is 15.6 Å². The van der Waals surface area contributed by atoms with Crippen LogP contribution in [0.15, 0.2) is 0 Å². The molecule has 0 radical (unpaired) electrons. The Morgan fingerprint density at radius 3 is 2.52 bits per heavy atom. The van der Waals surface area contributed by atoms with E-state index in [2.05, 4.69) is 9.17 Å². The van der Waals surface area contributed by atoms with Crippen molar-refractivity contribution in [2.45, 2.75) is 44.9 Å². The van der Waals surface area contributed by atoms with Crippen LogP contribution in [0.25, 0.3) is 0 Å². The van der Waals surface area contributed by atoms with Crippen molar-refractivity contribution in [1.82, 2.24) is 4.98 Å². The first-order chi connectivity index (χ1) is 10.4. The molecule has 0 saturated carbocycles. The molecule has 10 heteroatoms. The summed E-state index contributed by atoms with van der Waals surface area (Å²) in [6, 6.07) is 1.63. The summed E-state index contributed by atoms with van der Waals surface area (Å²) >= 11 is 0. The normalized spacial score (nSPS) is 17.3. The van der Waals surface area contributed by atoms with E-state index >= 15 is 0 Å². The number of nitrogens with zero attached hydrogens (tertiary/aromatic N) is 2. The molecule has 0 N–H and O–H groups in total. The Bertz CT molecular complexity index is 795. The van der Waals surface area contributed by atoms with Gasteiger partial charge in [0.1, 0.15) is 11.6 Å². The molecule has 0 atom stereocenters. The van der Waals surface area contributed by atoms with Gasteiger partial charge in [-0.1, -0.05) is 0 Å². The summed E-state index contributed by atoms with van der Waals surface area (Å²) in [5, 5.41) is 9.12. The summed E-state index contributed by atoms with van der Waals surface area (Å²) < 4.78 is 69.4. The molecule has 0 unspecified atom stereocenters. The molecule has 0 fully saturated rings. The maximum atomic E-state index is 12.5. The molecule has 2 heterocycles. The lowest BCUT2D eigenvalue weighted by Crippen LogP contribution is -2.34. The van der Waals surface area contributed by atoms with Gasteiger partial charge in [0.05, 0.1) is 17.9 Å². The van der Waals surface area contributed by atoms with Crippen LogP contribution in [0, 0.1) is 18.3 Å². The van der Waals surface area contributed by atoms with Crippen LogP contribution in [-0.2, 0) is 27.9 Å². The molecule has 1 aliphatic heterocycles. The monoisotopic (exact) mass is 350 g/mol. The third-order valence-electron chi connectivity index (χ3n) is 3.41. The lowest BCUT2D eigenvalue weighted by atomic mass is 9.92. The maximum Gasteiger partial charge on any atom is 0.534 e. The lowest BCUT2D eigenvalue weighted by Gasteiger charge is -2.32. The summed E-state index contributed by atoms with van der Waals surface area (Å²) in [6.45, 7) is 5.13. The van der Waals surface area contributed by atoms with Gasteiger partial charge in [0, 0.05) is 12.0 Å². The van der Waals surface area contributed by atoms with Crippen LogP contribution in [-0.4, -0.2) is 24.5 Å². The minimum absolute atomic E-state index is 0.127. The fourth-order valence-electron chi connectivity index (χ4n) is 2.18. The second-order valence-electron chi connectivity index (χ2n) is 5.66. The van der Waals surface area contributed by atoms with Crippen molar-refractivity contribution in [1.29, 1.82) is 5.26 Å². The van der Waals surface area contributed by atoms with E-state index in [1.54, 1.807) is 19.9 Å². The molecule has 0 amide bonds. The predicted molar refractivity (Wildman–Crippen MR) is 71.9 cm³/mol. The highest BCUT2D eigenvalue weighted by atomic mass is 32.2. The average molecular weight is 350 g/mol. The number of aromatic nitrogens is 1. The van der Waals surface area contributed by atoms with E-state index in [0.717, 1.165) is 0 Å². The second kappa shape index (κ2) is 5.35. The van der Waals surface area contributed by atoms with Gasteiger partial charge in [-0.25, -0.2) is 4.98 Å². The van der Waals surface area contributed by atoms with Gasteiger partial charge in [0.2, 0.25) is 0 Å². The standard InChI is InChI=1S/C13H13F3N2O4S/c1-7-8(5-17)11(22-23(19,20)13(14,15)16)18-10-4-12(2,3)21-6-9(7)10/h4,6H2,1-3H3. The minimum atomic E-state index is -5.90. The van der Waals surface area contributed by atoms with E-state index in [1.165, 1.54) is 6.92 Å². The van der Waals surface area contributed by atoms with Crippen molar-refractivity contribution in [3.63, 3.8) is 0 Å². The fourth-order valence-corrected chi connectivity index (χ4v) is 2.60.